The van der Waals surface area contributed by atoms with Gasteiger partial charge in [-0.1, -0.05) is 19.9 Å². The van der Waals surface area contributed by atoms with Crippen molar-refractivity contribution in [1.82, 2.24) is 20.0 Å². The third-order valence-corrected chi connectivity index (χ3v) is 4.89. The molecule has 2 aliphatic heterocycles. The fourth-order valence-corrected chi connectivity index (χ4v) is 3.73. The number of H-pyrrole nitrogens is 1. The van der Waals surface area contributed by atoms with Crippen molar-refractivity contribution >= 4 is 22.7 Å². The zero-order chi connectivity index (χ0) is 17.6. The summed E-state index contributed by atoms with van der Waals surface area (Å²) in [5.74, 6) is 0.130. The number of aromatic amines is 1. The zero-order valence-corrected chi connectivity index (χ0v) is 14.4. The molecule has 1 aromatic carbocycles. The van der Waals surface area contributed by atoms with E-state index in [0.29, 0.717) is 31.7 Å². The van der Waals surface area contributed by atoms with Gasteiger partial charge < -0.3 is 14.5 Å². The van der Waals surface area contributed by atoms with Crippen LogP contribution in [0.25, 0.3) is 10.9 Å². The summed E-state index contributed by atoms with van der Waals surface area (Å²) in [4.78, 5) is 29.0. The lowest BCUT2D eigenvalue weighted by Crippen LogP contribution is -2.61. The Kier molecular flexibility index (Phi) is 3.95. The highest BCUT2D eigenvalue weighted by molar-refractivity contribution is 6.06. The summed E-state index contributed by atoms with van der Waals surface area (Å²) in [6.45, 7) is 5.93. The molecule has 1 aromatic heterocycles. The number of carbonyl (C=O) groups is 2. The van der Waals surface area contributed by atoms with Crippen LogP contribution in [0.5, 0.6) is 0 Å². The number of benzene rings is 1. The highest BCUT2D eigenvalue weighted by Gasteiger charge is 2.39. The topological polar surface area (TPSA) is 78.5 Å². The number of hydrogen-bond acceptors (Lipinski definition) is 4. The van der Waals surface area contributed by atoms with E-state index < -0.39 is 0 Å². The van der Waals surface area contributed by atoms with Crippen LogP contribution in [0.4, 0.5) is 0 Å². The quantitative estimate of drug-likeness (QED) is 0.891. The molecule has 0 radical (unpaired) electrons. The fraction of sp³-hybridized carbons (Fsp3) is 0.500. The number of hydrogen-bond donors (Lipinski definition) is 1. The Hall–Kier alpha value is -2.41. The van der Waals surface area contributed by atoms with Gasteiger partial charge in [0.15, 0.2) is 0 Å². The highest BCUT2D eigenvalue weighted by Crippen LogP contribution is 2.24. The molecular formula is C18H22N4O3. The summed E-state index contributed by atoms with van der Waals surface area (Å²) in [7, 11) is 0. The van der Waals surface area contributed by atoms with E-state index in [9.17, 15) is 9.59 Å². The minimum atomic E-state index is -0.122. The summed E-state index contributed by atoms with van der Waals surface area (Å²) < 4.78 is 5.96. The first-order chi connectivity index (χ1) is 12.0. The van der Waals surface area contributed by atoms with Gasteiger partial charge in [-0.05, 0) is 12.1 Å². The van der Waals surface area contributed by atoms with E-state index in [2.05, 4.69) is 10.2 Å². The molecule has 0 saturated carbocycles. The summed E-state index contributed by atoms with van der Waals surface area (Å²) in [5, 5.41) is 7.76. The Morgan fingerprint density at radius 1 is 1.16 bits per heavy atom. The van der Waals surface area contributed by atoms with Crippen LogP contribution in [0.1, 0.15) is 24.2 Å². The van der Waals surface area contributed by atoms with Crippen LogP contribution in [0, 0.1) is 5.92 Å². The Balaban J connectivity index is 1.52. The molecule has 2 aliphatic rings. The molecule has 2 bridgehead atoms. The van der Waals surface area contributed by atoms with Gasteiger partial charge in [0, 0.05) is 37.5 Å². The molecule has 3 heterocycles. The standard InChI is InChI=1S/C18H22N4O3/c1-11(2)17(23)21-7-12-9-22(10-13(8-21)25-12)18(24)14-4-3-5-16-15(14)6-19-20-16/h3-6,11-13H,7-10H2,1-2H3,(H,19,20). The summed E-state index contributed by atoms with van der Waals surface area (Å²) in [6, 6.07) is 5.60. The van der Waals surface area contributed by atoms with Gasteiger partial charge in [0.25, 0.3) is 5.91 Å². The lowest BCUT2D eigenvalue weighted by molar-refractivity contribution is -0.159. The van der Waals surface area contributed by atoms with Gasteiger partial charge in [-0.25, -0.2) is 0 Å². The third-order valence-electron chi connectivity index (χ3n) is 4.89. The van der Waals surface area contributed by atoms with Gasteiger partial charge in [0.05, 0.1) is 29.5 Å². The van der Waals surface area contributed by atoms with Crippen LogP contribution in [0.15, 0.2) is 24.4 Å². The third kappa shape index (κ3) is 2.89. The number of amides is 2. The maximum atomic E-state index is 13.0. The van der Waals surface area contributed by atoms with E-state index in [-0.39, 0.29) is 29.9 Å². The Morgan fingerprint density at radius 2 is 1.84 bits per heavy atom. The van der Waals surface area contributed by atoms with Crippen molar-refractivity contribution < 1.29 is 14.3 Å². The van der Waals surface area contributed by atoms with Crippen LogP contribution in [0.2, 0.25) is 0 Å². The SMILES string of the molecule is CC(C)C(=O)N1CC2CN(C(=O)c3cccc4[nH]ncc34)CC(C1)O2. The van der Waals surface area contributed by atoms with E-state index in [1.165, 1.54) is 0 Å². The van der Waals surface area contributed by atoms with E-state index in [1.807, 2.05) is 41.8 Å². The van der Waals surface area contributed by atoms with Gasteiger partial charge in [-0.3, -0.25) is 14.7 Å². The van der Waals surface area contributed by atoms with Crippen molar-refractivity contribution in [2.45, 2.75) is 26.1 Å². The molecule has 2 unspecified atom stereocenters. The molecule has 1 N–H and O–H groups in total. The molecule has 2 saturated heterocycles. The smallest absolute Gasteiger partial charge is 0.254 e. The van der Waals surface area contributed by atoms with Crippen molar-refractivity contribution in [1.29, 1.82) is 0 Å². The van der Waals surface area contributed by atoms with Crippen molar-refractivity contribution in [3.8, 4) is 0 Å². The maximum Gasteiger partial charge on any atom is 0.254 e. The molecule has 0 aliphatic carbocycles. The minimum Gasteiger partial charge on any atom is -0.368 e. The summed E-state index contributed by atoms with van der Waals surface area (Å²) in [6.07, 6.45) is 1.44. The lowest BCUT2D eigenvalue weighted by Gasteiger charge is -2.46. The molecular weight excluding hydrogens is 320 g/mol. The van der Waals surface area contributed by atoms with Crippen LogP contribution in [0.3, 0.4) is 0 Å². The largest absolute Gasteiger partial charge is 0.368 e. The average Bonchev–Trinajstić information content (AvgIpc) is 3.08. The highest BCUT2D eigenvalue weighted by atomic mass is 16.5. The van der Waals surface area contributed by atoms with Crippen LogP contribution >= 0.6 is 0 Å². The Bertz CT molecular complexity index is 802. The minimum absolute atomic E-state index is 0.00561. The second-order valence-corrected chi connectivity index (χ2v) is 7.12. The summed E-state index contributed by atoms with van der Waals surface area (Å²) >= 11 is 0. The van der Waals surface area contributed by atoms with Crippen molar-refractivity contribution in [2.24, 2.45) is 5.92 Å². The number of nitrogens with one attached hydrogen (secondary N) is 1. The van der Waals surface area contributed by atoms with Crippen LogP contribution < -0.4 is 0 Å². The molecule has 7 nitrogen and oxygen atoms in total. The number of ether oxygens (including phenoxy) is 1. The van der Waals surface area contributed by atoms with Gasteiger partial charge >= 0.3 is 0 Å². The number of rotatable bonds is 2. The normalized spacial score (nSPS) is 23.3. The predicted molar refractivity (Wildman–Crippen MR) is 92.1 cm³/mol. The molecule has 7 heteroatoms. The lowest BCUT2D eigenvalue weighted by atomic mass is 10.0. The van der Waals surface area contributed by atoms with Gasteiger partial charge in [0.1, 0.15) is 0 Å². The number of aromatic nitrogens is 2. The number of morpholine rings is 2. The molecule has 2 aromatic rings. The zero-order valence-electron chi connectivity index (χ0n) is 14.4. The predicted octanol–water partition coefficient (Wildman–Crippen LogP) is 1.27. The molecule has 25 heavy (non-hydrogen) atoms. The molecule has 2 amide bonds. The first-order valence-electron chi connectivity index (χ1n) is 8.68. The first-order valence-corrected chi connectivity index (χ1v) is 8.68. The first kappa shape index (κ1) is 16.1. The van der Waals surface area contributed by atoms with E-state index in [1.54, 1.807) is 6.20 Å². The fourth-order valence-electron chi connectivity index (χ4n) is 3.73. The molecule has 0 spiro atoms. The monoisotopic (exact) mass is 342 g/mol. The molecule has 2 fully saturated rings. The van der Waals surface area contributed by atoms with Crippen molar-refractivity contribution in [2.75, 3.05) is 26.2 Å². The van der Waals surface area contributed by atoms with Gasteiger partial charge in [-0.2, -0.15) is 5.10 Å². The van der Waals surface area contributed by atoms with E-state index in [4.69, 9.17) is 4.74 Å². The number of carbonyl (C=O) groups excluding carboxylic acids is 2. The van der Waals surface area contributed by atoms with Crippen LogP contribution in [-0.2, 0) is 9.53 Å². The van der Waals surface area contributed by atoms with Gasteiger partial charge in [-0.15, -0.1) is 0 Å². The summed E-state index contributed by atoms with van der Waals surface area (Å²) in [5.41, 5.74) is 1.51. The van der Waals surface area contributed by atoms with Gasteiger partial charge in [0.2, 0.25) is 5.91 Å². The van der Waals surface area contributed by atoms with Crippen molar-refractivity contribution in [3.05, 3.63) is 30.0 Å². The second-order valence-electron chi connectivity index (χ2n) is 7.12. The van der Waals surface area contributed by atoms with Crippen LogP contribution in [-0.4, -0.2) is 70.2 Å². The number of fused-ring (bicyclic) bond motifs is 3. The Morgan fingerprint density at radius 3 is 2.52 bits per heavy atom. The Labute approximate surface area is 145 Å². The van der Waals surface area contributed by atoms with E-state index in [0.717, 1.165) is 10.9 Å². The maximum absolute atomic E-state index is 13.0. The van der Waals surface area contributed by atoms with Crippen molar-refractivity contribution in [3.63, 3.8) is 0 Å². The molecule has 132 valence electrons. The van der Waals surface area contributed by atoms with E-state index >= 15 is 0 Å². The molecule has 4 rings (SSSR count). The average molecular weight is 342 g/mol. The second kappa shape index (κ2) is 6.15. The molecule has 2 atom stereocenters. The number of nitrogens with zero attached hydrogens (tertiary/aromatic N) is 3.